The average molecular weight is 389 g/mol. The molecule has 3 aliphatic carbocycles. The highest BCUT2D eigenvalue weighted by Gasteiger charge is 2.55. The Morgan fingerprint density at radius 2 is 1.82 bits per heavy atom. The van der Waals surface area contributed by atoms with Crippen molar-refractivity contribution in [2.45, 2.75) is 68.6 Å². The Bertz CT molecular complexity index is 647. The van der Waals surface area contributed by atoms with Gasteiger partial charge in [-0.3, -0.25) is 4.99 Å². The minimum Gasteiger partial charge on any atom is -0.380 e. The van der Waals surface area contributed by atoms with Crippen LogP contribution in [0.1, 0.15) is 56.1 Å². The van der Waals surface area contributed by atoms with Crippen LogP contribution in [0.3, 0.4) is 0 Å². The first-order valence-electron chi connectivity index (χ1n) is 10.5. The van der Waals surface area contributed by atoms with E-state index >= 15 is 0 Å². The summed E-state index contributed by atoms with van der Waals surface area (Å²) in [4.78, 5) is 4.00. The summed E-state index contributed by atoms with van der Waals surface area (Å²) in [6.45, 7) is 2.55. The maximum Gasteiger partial charge on any atom is 0.185 e. The van der Waals surface area contributed by atoms with E-state index < -0.39 is 0 Å². The molecule has 0 aliphatic heterocycles. The number of nitrogens with two attached hydrogens (primary N) is 2. The van der Waals surface area contributed by atoms with Crippen LogP contribution >= 0.6 is 0 Å². The Labute approximate surface area is 169 Å². The predicted octanol–water partition coefficient (Wildman–Crippen LogP) is 2.45. The van der Waals surface area contributed by atoms with Gasteiger partial charge in [-0.15, -0.1) is 0 Å². The first-order chi connectivity index (χ1) is 13.5. The first kappa shape index (κ1) is 21.1. The number of hydrogen-bond donors (Lipinski definition) is 3. The van der Waals surface area contributed by atoms with Crippen LogP contribution in [-0.4, -0.2) is 45.0 Å². The van der Waals surface area contributed by atoms with E-state index in [-0.39, 0.29) is 23.1 Å². The lowest BCUT2D eigenvalue weighted by Gasteiger charge is -2.56. The molecule has 0 radical (unpaired) electrons. The number of unbranched alkanes of at least 4 members (excludes halogenated alkanes) is 1. The molecule has 3 fully saturated rings. The number of aliphatic imine (C=N–C) groups is 1. The standard InChI is InChI=1S/C22H36N4O2/c1-27-19-15-21(28-2)9-11-22(19,12-10-21)18-7-5-17(6-8-18)16-25-13-3-4-14-26-20(23)24/h5-8,19,25H,3-4,9-16H2,1-2H3,(H4,23,24,26)/t19-,21?,22?/m1/s1. The summed E-state index contributed by atoms with van der Waals surface area (Å²) in [5.41, 5.74) is 13.6. The summed E-state index contributed by atoms with van der Waals surface area (Å²) in [5.74, 6) is 0.173. The number of guanidine groups is 1. The summed E-state index contributed by atoms with van der Waals surface area (Å²) in [6, 6.07) is 9.14. The van der Waals surface area contributed by atoms with Crippen LogP contribution in [0.15, 0.2) is 29.3 Å². The Morgan fingerprint density at radius 1 is 1.11 bits per heavy atom. The molecular weight excluding hydrogens is 352 g/mol. The molecule has 6 nitrogen and oxygen atoms in total. The number of hydrogen-bond acceptors (Lipinski definition) is 4. The van der Waals surface area contributed by atoms with Crippen molar-refractivity contribution in [2.75, 3.05) is 27.3 Å². The summed E-state index contributed by atoms with van der Waals surface area (Å²) in [6.07, 6.45) is 7.86. The van der Waals surface area contributed by atoms with Gasteiger partial charge in [0.05, 0.1) is 11.7 Å². The molecule has 6 heteroatoms. The number of nitrogens with zero attached hydrogens (tertiary/aromatic N) is 1. The minimum absolute atomic E-state index is 0.0352. The number of ether oxygens (including phenoxy) is 2. The molecule has 1 atom stereocenters. The molecule has 0 spiro atoms. The molecule has 0 unspecified atom stereocenters. The van der Waals surface area contributed by atoms with Crippen molar-refractivity contribution in [1.82, 2.24) is 5.32 Å². The summed E-state index contributed by atoms with van der Waals surface area (Å²) in [7, 11) is 3.70. The Kier molecular flexibility index (Phi) is 6.96. The zero-order chi connectivity index (χ0) is 20.0. The van der Waals surface area contributed by atoms with Gasteiger partial charge >= 0.3 is 0 Å². The highest BCUT2D eigenvalue weighted by atomic mass is 16.5. The normalized spacial score (nSPS) is 29.0. The van der Waals surface area contributed by atoms with Crippen LogP contribution in [0.4, 0.5) is 0 Å². The fourth-order valence-corrected chi connectivity index (χ4v) is 5.04. The number of methoxy groups -OCH3 is 2. The third kappa shape index (κ3) is 4.50. The van der Waals surface area contributed by atoms with Crippen LogP contribution in [-0.2, 0) is 21.4 Å². The summed E-state index contributed by atoms with van der Waals surface area (Å²) in [5, 5.41) is 3.50. The molecule has 0 aromatic heterocycles. The van der Waals surface area contributed by atoms with Crippen molar-refractivity contribution < 1.29 is 9.47 Å². The molecule has 0 heterocycles. The van der Waals surface area contributed by atoms with Gasteiger partial charge in [-0.25, -0.2) is 0 Å². The molecule has 28 heavy (non-hydrogen) atoms. The monoisotopic (exact) mass is 388 g/mol. The quantitative estimate of drug-likeness (QED) is 0.325. The third-order valence-corrected chi connectivity index (χ3v) is 6.86. The SMILES string of the molecule is CO[C@@H]1CC2(OC)CCC1(c1ccc(CNCCCCN=C(N)N)cc1)CC2. The van der Waals surface area contributed by atoms with E-state index in [1.807, 2.05) is 14.2 Å². The van der Waals surface area contributed by atoms with Gasteiger partial charge in [0.1, 0.15) is 0 Å². The lowest BCUT2D eigenvalue weighted by Crippen LogP contribution is -2.58. The second kappa shape index (κ2) is 9.25. The molecule has 2 bridgehead atoms. The fourth-order valence-electron chi connectivity index (χ4n) is 5.04. The van der Waals surface area contributed by atoms with E-state index in [9.17, 15) is 0 Å². The van der Waals surface area contributed by atoms with Gasteiger partial charge in [0.15, 0.2) is 5.96 Å². The number of nitrogens with one attached hydrogen (secondary N) is 1. The van der Waals surface area contributed by atoms with Gasteiger partial charge in [-0.2, -0.15) is 0 Å². The summed E-state index contributed by atoms with van der Waals surface area (Å²) >= 11 is 0. The van der Waals surface area contributed by atoms with Gasteiger partial charge in [-0.1, -0.05) is 24.3 Å². The molecule has 3 aliphatic rings. The number of fused-ring (bicyclic) bond motifs is 3. The second-order valence-corrected chi connectivity index (χ2v) is 8.36. The van der Waals surface area contributed by atoms with Crippen molar-refractivity contribution in [2.24, 2.45) is 16.5 Å². The van der Waals surface area contributed by atoms with Crippen LogP contribution in [0.2, 0.25) is 0 Å². The van der Waals surface area contributed by atoms with E-state index in [0.717, 1.165) is 58.0 Å². The Morgan fingerprint density at radius 3 is 2.43 bits per heavy atom. The fraction of sp³-hybridized carbons (Fsp3) is 0.682. The van der Waals surface area contributed by atoms with E-state index in [0.29, 0.717) is 6.54 Å². The number of benzene rings is 1. The first-order valence-corrected chi connectivity index (χ1v) is 10.5. The number of rotatable bonds is 10. The molecular formula is C22H36N4O2. The lowest BCUT2D eigenvalue weighted by molar-refractivity contribution is -0.157. The van der Waals surface area contributed by atoms with Gasteiger partial charge in [-0.05, 0) is 56.2 Å². The average Bonchev–Trinajstić information content (AvgIpc) is 2.74. The molecule has 1 aromatic carbocycles. The zero-order valence-electron chi connectivity index (χ0n) is 17.4. The molecule has 0 amide bonds. The Hall–Kier alpha value is -1.63. The van der Waals surface area contributed by atoms with E-state index in [1.54, 1.807) is 0 Å². The minimum atomic E-state index is 0.0352. The highest BCUT2D eigenvalue weighted by molar-refractivity contribution is 5.75. The van der Waals surface area contributed by atoms with Gasteiger partial charge in [0.2, 0.25) is 0 Å². The topological polar surface area (TPSA) is 94.9 Å². The maximum atomic E-state index is 5.95. The molecule has 4 rings (SSSR count). The Balaban J connectivity index is 1.52. The largest absolute Gasteiger partial charge is 0.380 e. The zero-order valence-corrected chi connectivity index (χ0v) is 17.4. The van der Waals surface area contributed by atoms with E-state index in [1.165, 1.54) is 11.1 Å². The van der Waals surface area contributed by atoms with Crippen LogP contribution in [0.5, 0.6) is 0 Å². The van der Waals surface area contributed by atoms with Gasteiger partial charge in [0, 0.05) is 39.1 Å². The highest BCUT2D eigenvalue weighted by Crippen LogP contribution is 2.55. The molecule has 156 valence electrons. The van der Waals surface area contributed by atoms with Crippen LogP contribution < -0.4 is 16.8 Å². The van der Waals surface area contributed by atoms with Crippen LogP contribution in [0.25, 0.3) is 0 Å². The molecule has 1 aromatic rings. The maximum absolute atomic E-state index is 5.95. The van der Waals surface area contributed by atoms with Crippen LogP contribution in [0, 0.1) is 0 Å². The van der Waals surface area contributed by atoms with Gasteiger partial charge in [0.25, 0.3) is 0 Å². The van der Waals surface area contributed by atoms with E-state index in [4.69, 9.17) is 20.9 Å². The van der Waals surface area contributed by atoms with Crippen molar-refractivity contribution in [3.63, 3.8) is 0 Å². The second-order valence-electron chi connectivity index (χ2n) is 8.36. The predicted molar refractivity (Wildman–Crippen MR) is 113 cm³/mol. The third-order valence-electron chi connectivity index (χ3n) is 6.86. The smallest absolute Gasteiger partial charge is 0.185 e. The molecule has 5 N–H and O–H groups in total. The van der Waals surface area contributed by atoms with Crippen molar-refractivity contribution in [1.29, 1.82) is 0 Å². The summed E-state index contributed by atoms with van der Waals surface area (Å²) < 4.78 is 11.8. The van der Waals surface area contributed by atoms with Gasteiger partial charge < -0.3 is 26.3 Å². The lowest BCUT2D eigenvalue weighted by atomic mass is 9.54. The molecule has 3 saturated carbocycles. The molecule has 0 saturated heterocycles. The van der Waals surface area contributed by atoms with E-state index in [2.05, 4.69) is 34.6 Å². The van der Waals surface area contributed by atoms with Crippen molar-refractivity contribution >= 4 is 5.96 Å². The van der Waals surface area contributed by atoms with Crippen molar-refractivity contribution in [3.05, 3.63) is 35.4 Å². The van der Waals surface area contributed by atoms with Crippen molar-refractivity contribution in [3.8, 4) is 0 Å².